The molecular weight excluding hydrogens is 202 g/mol. The molecule has 1 N–H and O–H groups in total. The summed E-state index contributed by atoms with van der Waals surface area (Å²) in [5.41, 5.74) is 2.66. The lowest BCUT2D eigenvalue weighted by atomic mass is 9.96. The van der Waals surface area contributed by atoms with Gasteiger partial charge >= 0.3 is 0 Å². The van der Waals surface area contributed by atoms with Gasteiger partial charge < -0.3 is 0 Å². The van der Waals surface area contributed by atoms with Crippen LogP contribution in [0.4, 0.5) is 0 Å². The molecule has 1 fully saturated rings. The number of hydroxylamine groups is 1. The maximum absolute atomic E-state index is 11.2. The molecule has 0 aromatic carbocycles. The van der Waals surface area contributed by atoms with Gasteiger partial charge in [0.1, 0.15) is 0 Å². The average molecular weight is 221 g/mol. The second kappa shape index (κ2) is 5.68. The minimum atomic E-state index is -3.34. The van der Waals surface area contributed by atoms with Crippen LogP contribution in [0.1, 0.15) is 45.4 Å². The molecule has 0 heterocycles. The van der Waals surface area contributed by atoms with Crippen molar-refractivity contribution in [3.8, 4) is 0 Å². The molecule has 0 saturated heterocycles. The van der Waals surface area contributed by atoms with E-state index in [1.165, 1.54) is 6.42 Å². The van der Waals surface area contributed by atoms with Gasteiger partial charge in [-0.1, -0.05) is 26.2 Å². The number of nitrogens with one attached hydrogen (secondary N) is 1. The van der Waals surface area contributed by atoms with E-state index in [2.05, 4.69) is 5.48 Å². The Morgan fingerprint density at radius 2 is 1.93 bits per heavy atom. The van der Waals surface area contributed by atoms with Gasteiger partial charge in [-0.2, -0.15) is 18.2 Å². The van der Waals surface area contributed by atoms with E-state index < -0.39 is 10.1 Å². The van der Waals surface area contributed by atoms with Gasteiger partial charge in [-0.15, -0.1) is 0 Å². The van der Waals surface area contributed by atoms with Gasteiger partial charge in [0.05, 0.1) is 5.75 Å². The lowest BCUT2D eigenvalue weighted by Gasteiger charge is -2.21. The third-order valence-corrected chi connectivity index (χ3v) is 3.66. The molecule has 0 bridgehead atoms. The molecule has 0 radical (unpaired) electrons. The fourth-order valence-electron chi connectivity index (χ4n) is 1.65. The van der Waals surface area contributed by atoms with Crippen molar-refractivity contribution in [2.75, 3.05) is 5.75 Å². The van der Waals surface area contributed by atoms with Crippen molar-refractivity contribution >= 4 is 10.1 Å². The summed E-state index contributed by atoms with van der Waals surface area (Å²) in [6.45, 7) is 1.82. The predicted octanol–water partition coefficient (Wildman–Crippen LogP) is 1.58. The molecule has 0 aliphatic heterocycles. The predicted molar refractivity (Wildman–Crippen MR) is 55.2 cm³/mol. The van der Waals surface area contributed by atoms with E-state index in [1.807, 2.05) is 6.92 Å². The van der Waals surface area contributed by atoms with Gasteiger partial charge in [0.2, 0.25) is 0 Å². The monoisotopic (exact) mass is 221 g/mol. The van der Waals surface area contributed by atoms with Crippen molar-refractivity contribution in [3.63, 3.8) is 0 Å². The van der Waals surface area contributed by atoms with Crippen molar-refractivity contribution in [2.24, 2.45) is 0 Å². The first-order valence-corrected chi connectivity index (χ1v) is 6.88. The normalized spacial score (nSPS) is 19.8. The SMILES string of the molecule is CCCS(=O)(=O)ONC1CCCCC1. The zero-order chi connectivity index (χ0) is 10.4. The van der Waals surface area contributed by atoms with Gasteiger partial charge in [0.15, 0.2) is 0 Å². The molecule has 0 amide bonds. The second-order valence-corrected chi connectivity index (χ2v) is 5.49. The topological polar surface area (TPSA) is 55.4 Å². The molecule has 1 aliphatic carbocycles. The third kappa shape index (κ3) is 4.39. The van der Waals surface area contributed by atoms with Gasteiger partial charge in [0, 0.05) is 6.04 Å². The average Bonchev–Trinajstić information content (AvgIpc) is 2.17. The minimum Gasteiger partial charge on any atom is -0.198 e. The molecule has 5 heteroatoms. The Morgan fingerprint density at radius 3 is 2.50 bits per heavy atom. The molecule has 0 aromatic rings. The minimum absolute atomic E-state index is 0.0900. The lowest BCUT2D eigenvalue weighted by Crippen LogP contribution is -2.33. The van der Waals surface area contributed by atoms with E-state index in [-0.39, 0.29) is 11.8 Å². The first-order valence-electron chi connectivity index (χ1n) is 5.31. The van der Waals surface area contributed by atoms with Crippen LogP contribution in [0.5, 0.6) is 0 Å². The summed E-state index contributed by atoms with van der Waals surface area (Å²) < 4.78 is 27.1. The molecule has 1 saturated carbocycles. The van der Waals surface area contributed by atoms with Crippen LogP contribution in [-0.2, 0) is 14.4 Å². The van der Waals surface area contributed by atoms with Gasteiger partial charge in [0.25, 0.3) is 10.1 Å². The highest BCUT2D eigenvalue weighted by molar-refractivity contribution is 7.86. The molecule has 0 spiro atoms. The van der Waals surface area contributed by atoms with E-state index in [1.54, 1.807) is 0 Å². The molecule has 4 nitrogen and oxygen atoms in total. The maximum Gasteiger partial charge on any atom is 0.283 e. The first kappa shape index (κ1) is 11.9. The number of rotatable bonds is 5. The molecule has 0 atom stereocenters. The zero-order valence-electron chi connectivity index (χ0n) is 8.66. The zero-order valence-corrected chi connectivity index (χ0v) is 9.48. The van der Waals surface area contributed by atoms with E-state index in [0.717, 1.165) is 25.7 Å². The summed E-state index contributed by atoms with van der Waals surface area (Å²) in [7, 11) is -3.34. The van der Waals surface area contributed by atoms with Crippen LogP contribution in [0.3, 0.4) is 0 Å². The molecule has 1 aliphatic rings. The standard InChI is InChI=1S/C9H19NO3S/c1-2-8-14(11,12)13-10-9-6-4-3-5-7-9/h9-10H,2-8H2,1H3. The van der Waals surface area contributed by atoms with Crippen LogP contribution in [0.15, 0.2) is 0 Å². The Kier molecular flexibility index (Phi) is 4.84. The van der Waals surface area contributed by atoms with Crippen molar-refractivity contribution in [3.05, 3.63) is 0 Å². The van der Waals surface area contributed by atoms with Crippen LogP contribution in [0.2, 0.25) is 0 Å². The van der Waals surface area contributed by atoms with Crippen LogP contribution >= 0.6 is 0 Å². The molecule has 0 aromatic heterocycles. The summed E-state index contributed by atoms with van der Waals surface area (Å²) in [5, 5.41) is 0. The number of hydrogen-bond acceptors (Lipinski definition) is 4. The summed E-state index contributed by atoms with van der Waals surface area (Å²) in [4.78, 5) is 0. The molecule has 0 unspecified atom stereocenters. The second-order valence-electron chi connectivity index (χ2n) is 3.80. The highest BCUT2D eigenvalue weighted by Crippen LogP contribution is 2.17. The Morgan fingerprint density at radius 1 is 1.29 bits per heavy atom. The van der Waals surface area contributed by atoms with E-state index >= 15 is 0 Å². The van der Waals surface area contributed by atoms with Gasteiger partial charge in [-0.3, -0.25) is 0 Å². The Balaban J connectivity index is 2.24. The van der Waals surface area contributed by atoms with Crippen LogP contribution < -0.4 is 5.48 Å². The molecule has 14 heavy (non-hydrogen) atoms. The Labute approximate surface area is 86.1 Å². The summed E-state index contributed by atoms with van der Waals surface area (Å²) in [6, 6.07) is 0.218. The third-order valence-electron chi connectivity index (χ3n) is 2.40. The first-order chi connectivity index (χ1) is 6.64. The summed E-state index contributed by atoms with van der Waals surface area (Å²) in [6.07, 6.45) is 6.20. The highest BCUT2D eigenvalue weighted by atomic mass is 32.2. The smallest absolute Gasteiger partial charge is 0.198 e. The molecular formula is C9H19NO3S. The van der Waals surface area contributed by atoms with Crippen molar-refractivity contribution in [1.29, 1.82) is 0 Å². The largest absolute Gasteiger partial charge is 0.283 e. The number of hydrogen-bond donors (Lipinski definition) is 1. The van der Waals surface area contributed by atoms with Crippen LogP contribution in [0, 0.1) is 0 Å². The van der Waals surface area contributed by atoms with E-state index in [0.29, 0.717) is 6.42 Å². The Hall–Kier alpha value is -0.130. The van der Waals surface area contributed by atoms with Crippen LogP contribution in [-0.4, -0.2) is 20.2 Å². The Bertz CT molecular complexity index is 245. The molecule has 1 rings (SSSR count). The maximum atomic E-state index is 11.2. The summed E-state index contributed by atoms with van der Waals surface area (Å²) >= 11 is 0. The van der Waals surface area contributed by atoms with Crippen LogP contribution in [0.25, 0.3) is 0 Å². The van der Waals surface area contributed by atoms with Crippen molar-refractivity contribution in [2.45, 2.75) is 51.5 Å². The van der Waals surface area contributed by atoms with Gasteiger partial charge in [-0.25, -0.2) is 0 Å². The highest BCUT2D eigenvalue weighted by Gasteiger charge is 2.16. The van der Waals surface area contributed by atoms with E-state index in [9.17, 15) is 8.42 Å². The van der Waals surface area contributed by atoms with E-state index in [4.69, 9.17) is 4.28 Å². The van der Waals surface area contributed by atoms with Gasteiger partial charge in [-0.05, 0) is 19.3 Å². The summed E-state index contributed by atoms with van der Waals surface area (Å²) in [5.74, 6) is 0.0900. The fraction of sp³-hybridized carbons (Fsp3) is 1.00. The lowest BCUT2D eigenvalue weighted by molar-refractivity contribution is 0.140. The quantitative estimate of drug-likeness (QED) is 0.716. The van der Waals surface area contributed by atoms with Crippen molar-refractivity contribution in [1.82, 2.24) is 5.48 Å². The fourth-order valence-corrected chi connectivity index (χ4v) is 2.52. The molecule has 84 valence electrons. The van der Waals surface area contributed by atoms with Crippen molar-refractivity contribution < 1.29 is 12.7 Å².